The number of allylic oxidation sites excluding steroid dienone is 2. The van der Waals surface area contributed by atoms with Gasteiger partial charge in [0.25, 0.3) is 5.69 Å². The molecule has 0 aromatic heterocycles. The number of Topliss-reactive ketones (excluding diaryl/α,β-unsaturated/α-hetero) is 1. The maximum Gasteiger partial charge on any atom is 0.269 e. The van der Waals surface area contributed by atoms with Gasteiger partial charge in [-0.05, 0) is 43.5 Å². The summed E-state index contributed by atoms with van der Waals surface area (Å²) in [4.78, 5) is 26.0. The maximum atomic E-state index is 13.5. The molecule has 0 radical (unpaired) electrons. The monoisotopic (exact) mass is 513 g/mol. The molecule has 0 saturated heterocycles. The minimum Gasteiger partial charge on any atom is -0.507 e. The highest BCUT2D eigenvalue weighted by Crippen LogP contribution is 2.48. The van der Waals surface area contributed by atoms with Gasteiger partial charge in [-0.15, -0.1) is 0 Å². The van der Waals surface area contributed by atoms with E-state index in [1.807, 2.05) is 25.1 Å². The average Bonchev–Trinajstić information content (AvgIpc) is 2.88. The lowest BCUT2D eigenvalue weighted by molar-refractivity contribution is -0.384. The van der Waals surface area contributed by atoms with Gasteiger partial charge < -0.3 is 5.11 Å². The first-order valence-electron chi connectivity index (χ1n) is 11.9. The number of aryl methyl sites for hydroxylation is 1. The summed E-state index contributed by atoms with van der Waals surface area (Å²) in [7, 11) is 0. The van der Waals surface area contributed by atoms with Gasteiger partial charge in [-0.25, -0.2) is 0 Å². The van der Waals surface area contributed by atoms with E-state index in [-0.39, 0.29) is 28.6 Å². The number of rotatable bonds is 4. The van der Waals surface area contributed by atoms with E-state index in [1.165, 1.54) is 12.1 Å². The fourth-order valence-corrected chi connectivity index (χ4v) is 5.27. The van der Waals surface area contributed by atoms with Crippen LogP contribution in [0.15, 0.2) is 89.6 Å². The molecule has 0 spiro atoms. The molecule has 2 N–H and O–H groups in total. The smallest absolute Gasteiger partial charge is 0.269 e. The van der Waals surface area contributed by atoms with Crippen molar-refractivity contribution in [1.29, 1.82) is 5.41 Å². The second kappa shape index (κ2) is 9.67. The van der Waals surface area contributed by atoms with Crippen LogP contribution in [0.4, 0.5) is 11.4 Å². The van der Waals surface area contributed by atoms with Crippen molar-refractivity contribution in [2.24, 2.45) is 0 Å². The van der Waals surface area contributed by atoms with Gasteiger partial charge in [0.2, 0.25) is 0 Å². The van der Waals surface area contributed by atoms with Crippen molar-refractivity contribution >= 4 is 40.4 Å². The van der Waals surface area contributed by atoms with Crippen LogP contribution in [0.2, 0.25) is 5.02 Å². The van der Waals surface area contributed by atoms with Crippen LogP contribution in [0.3, 0.4) is 0 Å². The number of aliphatic hydroxyl groups excluding tert-OH is 1. The lowest BCUT2D eigenvalue weighted by atomic mass is 9.73. The Morgan fingerprint density at radius 3 is 2.43 bits per heavy atom. The number of carbonyl (C=O) groups excluding carboxylic acids is 1. The van der Waals surface area contributed by atoms with Crippen LogP contribution >= 0.6 is 11.6 Å². The van der Waals surface area contributed by atoms with Gasteiger partial charge in [0.1, 0.15) is 11.6 Å². The highest BCUT2D eigenvalue weighted by Gasteiger charge is 2.43. The number of carbonyl (C=O) groups is 1. The Kier molecular flexibility index (Phi) is 6.39. The van der Waals surface area contributed by atoms with Crippen molar-refractivity contribution in [2.45, 2.75) is 32.1 Å². The average molecular weight is 514 g/mol. The van der Waals surface area contributed by atoms with Crippen LogP contribution in [0.25, 0.3) is 5.76 Å². The topological polar surface area (TPSA) is 108 Å². The quantitative estimate of drug-likeness (QED) is 0.219. The zero-order valence-electron chi connectivity index (χ0n) is 20.1. The first-order valence-corrected chi connectivity index (χ1v) is 12.3. The molecule has 2 aliphatic rings. The first-order chi connectivity index (χ1) is 17.8. The minimum absolute atomic E-state index is 0.0251. The molecule has 7 nitrogen and oxygen atoms in total. The number of amidine groups is 1. The zero-order chi connectivity index (χ0) is 26.3. The second-order valence-corrected chi connectivity index (χ2v) is 9.65. The summed E-state index contributed by atoms with van der Waals surface area (Å²) < 4.78 is 0. The van der Waals surface area contributed by atoms with Gasteiger partial charge in [0.15, 0.2) is 5.78 Å². The predicted molar refractivity (Wildman–Crippen MR) is 144 cm³/mol. The van der Waals surface area contributed by atoms with Crippen LogP contribution in [-0.2, 0) is 4.79 Å². The highest BCUT2D eigenvalue weighted by molar-refractivity contribution is 6.31. The molecular weight excluding hydrogens is 490 g/mol. The van der Waals surface area contributed by atoms with E-state index in [9.17, 15) is 25.4 Å². The standard InChI is InChI=1S/C29H24ClN3O4/c1-17-8-10-19(11-9-17)28(35)27-25(18-12-14-21(15-13-18)33(36)37)26-23(6-3-7-24(26)34)32(29(27)31)22-5-2-4-20(30)16-22/h2,4-5,8-16,25,31,35H,3,6-7H2,1H3/b28-27+,31-29?. The van der Waals surface area contributed by atoms with Crippen molar-refractivity contribution in [3.05, 3.63) is 121 Å². The molecule has 1 heterocycles. The number of halogens is 1. The second-order valence-electron chi connectivity index (χ2n) is 9.21. The van der Waals surface area contributed by atoms with E-state index in [1.54, 1.807) is 47.4 Å². The summed E-state index contributed by atoms with van der Waals surface area (Å²) in [5.74, 6) is -0.923. The molecule has 0 bridgehead atoms. The Morgan fingerprint density at radius 1 is 1.08 bits per heavy atom. The SMILES string of the molecule is Cc1ccc(/C(O)=C2\C(=N)N(c3cccc(Cl)c3)C3=C(C(=O)CCC3)C2c2ccc([N+](=O)[O-])cc2)cc1. The van der Waals surface area contributed by atoms with Gasteiger partial charge in [0.05, 0.1) is 4.92 Å². The molecule has 1 aliphatic heterocycles. The van der Waals surface area contributed by atoms with Crippen molar-refractivity contribution in [2.75, 3.05) is 4.90 Å². The van der Waals surface area contributed by atoms with Crippen LogP contribution in [0.5, 0.6) is 0 Å². The number of ketones is 1. The molecule has 1 atom stereocenters. The molecular formula is C29H24ClN3O4. The Bertz CT molecular complexity index is 1490. The summed E-state index contributed by atoms with van der Waals surface area (Å²) in [6.45, 7) is 1.94. The van der Waals surface area contributed by atoms with Crippen LogP contribution in [0.1, 0.15) is 41.9 Å². The minimum atomic E-state index is -0.757. The number of nitrogens with one attached hydrogen (secondary N) is 1. The predicted octanol–water partition coefficient (Wildman–Crippen LogP) is 7.11. The molecule has 8 heteroatoms. The van der Waals surface area contributed by atoms with Crippen LogP contribution in [0, 0.1) is 22.4 Å². The molecule has 3 aromatic rings. The lowest BCUT2D eigenvalue weighted by Gasteiger charge is -2.41. The van der Waals surface area contributed by atoms with Crippen molar-refractivity contribution in [3.8, 4) is 0 Å². The Morgan fingerprint density at radius 2 is 1.78 bits per heavy atom. The number of hydrogen-bond donors (Lipinski definition) is 2. The number of anilines is 1. The Balaban J connectivity index is 1.81. The normalized spacial score (nSPS) is 19.1. The zero-order valence-corrected chi connectivity index (χ0v) is 20.8. The van der Waals surface area contributed by atoms with Crippen molar-refractivity contribution < 1.29 is 14.8 Å². The van der Waals surface area contributed by atoms with E-state index in [0.29, 0.717) is 52.4 Å². The van der Waals surface area contributed by atoms with Gasteiger partial charge in [-0.3, -0.25) is 25.2 Å². The number of non-ortho nitro benzene ring substituents is 1. The van der Waals surface area contributed by atoms with E-state index in [2.05, 4.69) is 0 Å². The van der Waals surface area contributed by atoms with Gasteiger partial charge >= 0.3 is 0 Å². The number of hydrogen-bond acceptors (Lipinski definition) is 5. The lowest BCUT2D eigenvalue weighted by Crippen LogP contribution is -2.42. The largest absolute Gasteiger partial charge is 0.507 e. The first kappa shape index (κ1) is 24.5. The molecule has 0 saturated carbocycles. The molecule has 1 unspecified atom stereocenters. The third-order valence-corrected chi connectivity index (χ3v) is 7.07. The summed E-state index contributed by atoms with van der Waals surface area (Å²) >= 11 is 6.29. The molecule has 5 rings (SSSR count). The van der Waals surface area contributed by atoms with Gasteiger partial charge in [0, 0.05) is 57.6 Å². The summed E-state index contributed by atoms with van der Waals surface area (Å²) in [5, 5.41) is 32.7. The molecule has 186 valence electrons. The van der Waals surface area contributed by atoms with Crippen molar-refractivity contribution in [1.82, 2.24) is 0 Å². The molecule has 37 heavy (non-hydrogen) atoms. The molecule has 3 aromatic carbocycles. The maximum absolute atomic E-state index is 13.5. The third-order valence-electron chi connectivity index (χ3n) is 6.84. The Hall–Kier alpha value is -4.23. The fraction of sp³-hybridized carbons (Fsp3) is 0.172. The number of aliphatic hydroxyl groups is 1. The van der Waals surface area contributed by atoms with Crippen molar-refractivity contribution in [3.63, 3.8) is 0 Å². The van der Waals surface area contributed by atoms with E-state index in [4.69, 9.17) is 11.6 Å². The number of benzene rings is 3. The summed E-state index contributed by atoms with van der Waals surface area (Å²) in [6, 6.07) is 20.3. The summed E-state index contributed by atoms with van der Waals surface area (Å²) in [5.41, 5.74) is 4.10. The number of nitro benzene ring substituents is 1. The van der Waals surface area contributed by atoms with Crippen LogP contribution < -0.4 is 4.90 Å². The fourth-order valence-electron chi connectivity index (χ4n) is 5.08. The van der Waals surface area contributed by atoms with Gasteiger partial charge in [-0.1, -0.05) is 59.6 Å². The van der Waals surface area contributed by atoms with Crippen LogP contribution in [-0.4, -0.2) is 21.6 Å². The highest BCUT2D eigenvalue weighted by atomic mass is 35.5. The summed E-state index contributed by atoms with van der Waals surface area (Å²) in [6.07, 6.45) is 1.55. The number of nitrogens with zero attached hydrogens (tertiary/aromatic N) is 2. The molecule has 0 fully saturated rings. The Labute approximate surface area is 219 Å². The third kappa shape index (κ3) is 4.42. The van der Waals surface area contributed by atoms with E-state index < -0.39 is 10.8 Å². The molecule has 1 aliphatic carbocycles. The van der Waals surface area contributed by atoms with E-state index >= 15 is 0 Å². The molecule has 0 amide bonds. The van der Waals surface area contributed by atoms with E-state index in [0.717, 1.165) is 5.56 Å². The number of nitro groups is 1. The van der Waals surface area contributed by atoms with Gasteiger partial charge in [-0.2, -0.15) is 0 Å².